The molecule has 1 amide bonds. The summed E-state index contributed by atoms with van der Waals surface area (Å²) in [6, 6.07) is 8.50. The van der Waals surface area contributed by atoms with Crippen LogP contribution in [-0.2, 0) is 16.0 Å². The summed E-state index contributed by atoms with van der Waals surface area (Å²) < 4.78 is 0. The minimum Gasteiger partial charge on any atom is -0.480 e. The molecule has 0 aliphatic rings. The Balaban J connectivity index is 2.69. The first kappa shape index (κ1) is 17.2. The Kier molecular flexibility index (Phi) is 7.51. The zero-order chi connectivity index (χ0) is 15.7. The van der Waals surface area contributed by atoms with Gasteiger partial charge in [0.15, 0.2) is 0 Å². The lowest BCUT2D eigenvalue weighted by atomic mass is 9.96. The van der Waals surface area contributed by atoms with Crippen molar-refractivity contribution >= 4 is 11.9 Å². The van der Waals surface area contributed by atoms with E-state index in [0.717, 1.165) is 31.2 Å². The van der Waals surface area contributed by atoms with Crippen molar-refractivity contribution in [2.45, 2.75) is 52.0 Å². The van der Waals surface area contributed by atoms with Crippen molar-refractivity contribution in [2.75, 3.05) is 0 Å². The Morgan fingerprint density at radius 3 is 2.14 bits per heavy atom. The van der Waals surface area contributed by atoms with Crippen LogP contribution in [0.5, 0.6) is 0 Å². The van der Waals surface area contributed by atoms with Gasteiger partial charge in [0.2, 0.25) is 5.91 Å². The highest BCUT2D eigenvalue weighted by Crippen LogP contribution is 2.14. The number of carbonyl (C=O) groups excluding carboxylic acids is 1. The average molecular weight is 291 g/mol. The highest BCUT2D eigenvalue weighted by Gasteiger charge is 2.24. The van der Waals surface area contributed by atoms with Crippen molar-refractivity contribution in [1.29, 1.82) is 0 Å². The molecule has 4 nitrogen and oxygen atoms in total. The quantitative estimate of drug-likeness (QED) is 0.735. The van der Waals surface area contributed by atoms with E-state index in [4.69, 9.17) is 0 Å². The third-order valence-electron chi connectivity index (χ3n) is 3.54. The van der Waals surface area contributed by atoms with Crippen molar-refractivity contribution in [1.82, 2.24) is 5.32 Å². The SMILES string of the molecule is CCCC(CCC)C(=O)NC(Cc1ccccc1)C(=O)O. The van der Waals surface area contributed by atoms with Crippen LogP contribution in [0.25, 0.3) is 0 Å². The first-order valence-corrected chi connectivity index (χ1v) is 7.65. The fraction of sp³-hybridized carbons (Fsp3) is 0.529. The van der Waals surface area contributed by atoms with Crippen LogP contribution in [-0.4, -0.2) is 23.0 Å². The molecule has 0 spiro atoms. The van der Waals surface area contributed by atoms with Gasteiger partial charge in [-0.25, -0.2) is 4.79 Å². The normalized spacial score (nSPS) is 12.1. The van der Waals surface area contributed by atoms with Gasteiger partial charge >= 0.3 is 5.97 Å². The molecule has 0 fully saturated rings. The van der Waals surface area contributed by atoms with Crippen molar-refractivity contribution in [3.8, 4) is 0 Å². The molecule has 0 saturated carbocycles. The van der Waals surface area contributed by atoms with Crippen molar-refractivity contribution in [3.63, 3.8) is 0 Å². The van der Waals surface area contributed by atoms with E-state index < -0.39 is 12.0 Å². The van der Waals surface area contributed by atoms with Crippen molar-refractivity contribution in [2.24, 2.45) is 5.92 Å². The number of benzene rings is 1. The number of hydrogen-bond donors (Lipinski definition) is 2. The summed E-state index contributed by atoms with van der Waals surface area (Å²) >= 11 is 0. The lowest BCUT2D eigenvalue weighted by Crippen LogP contribution is -2.45. The minimum absolute atomic E-state index is 0.0855. The molecule has 4 heteroatoms. The molecule has 0 saturated heterocycles. The molecule has 0 aromatic heterocycles. The predicted octanol–water partition coefficient (Wildman–Crippen LogP) is 3.01. The fourth-order valence-electron chi connectivity index (χ4n) is 2.44. The maximum atomic E-state index is 12.3. The zero-order valence-corrected chi connectivity index (χ0v) is 12.8. The van der Waals surface area contributed by atoms with Crippen LogP contribution in [0.15, 0.2) is 30.3 Å². The van der Waals surface area contributed by atoms with E-state index in [1.54, 1.807) is 0 Å². The summed E-state index contributed by atoms with van der Waals surface area (Å²) in [5.41, 5.74) is 0.910. The first-order chi connectivity index (χ1) is 10.1. The lowest BCUT2D eigenvalue weighted by Gasteiger charge is -2.20. The number of hydrogen-bond acceptors (Lipinski definition) is 2. The van der Waals surface area contributed by atoms with Crippen molar-refractivity contribution in [3.05, 3.63) is 35.9 Å². The maximum Gasteiger partial charge on any atom is 0.326 e. The second-order valence-electron chi connectivity index (χ2n) is 5.36. The lowest BCUT2D eigenvalue weighted by molar-refractivity contribution is -0.142. The summed E-state index contributed by atoms with van der Waals surface area (Å²) in [6.45, 7) is 4.07. The van der Waals surface area contributed by atoms with Gasteiger partial charge in [-0.3, -0.25) is 4.79 Å². The standard InChI is InChI=1S/C17H25NO3/c1-3-8-14(9-4-2)16(19)18-15(17(20)21)12-13-10-6-5-7-11-13/h5-7,10-11,14-15H,3-4,8-9,12H2,1-2H3,(H,18,19)(H,20,21). The second-order valence-corrected chi connectivity index (χ2v) is 5.36. The van der Waals surface area contributed by atoms with Gasteiger partial charge in [-0.2, -0.15) is 0 Å². The van der Waals surface area contributed by atoms with Crippen LogP contribution in [0.1, 0.15) is 45.1 Å². The Bertz CT molecular complexity index is 439. The summed E-state index contributed by atoms with van der Waals surface area (Å²) in [4.78, 5) is 23.6. The number of aliphatic carboxylic acids is 1. The number of carboxylic acids is 1. The average Bonchev–Trinajstić information content (AvgIpc) is 2.47. The number of rotatable bonds is 9. The molecule has 2 N–H and O–H groups in total. The second kappa shape index (κ2) is 9.16. The molecule has 0 aliphatic heterocycles. The molecule has 0 heterocycles. The summed E-state index contributed by atoms with van der Waals surface area (Å²) in [5.74, 6) is -1.21. The van der Waals surface area contributed by atoms with E-state index in [9.17, 15) is 14.7 Å². The summed E-state index contributed by atoms with van der Waals surface area (Å²) in [7, 11) is 0. The van der Waals surface area contributed by atoms with Crippen molar-refractivity contribution < 1.29 is 14.7 Å². The highest BCUT2D eigenvalue weighted by atomic mass is 16.4. The highest BCUT2D eigenvalue weighted by molar-refractivity contribution is 5.85. The van der Waals surface area contributed by atoms with Crippen LogP contribution in [0.4, 0.5) is 0 Å². The molecule has 1 aromatic rings. The predicted molar refractivity (Wildman–Crippen MR) is 83.0 cm³/mol. The molecule has 21 heavy (non-hydrogen) atoms. The van der Waals surface area contributed by atoms with Gasteiger partial charge in [0.05, 0.1) is 0 Å². The smallest absolute Gasteiger partial charge is 0.326 e. The van der Waals surface area contributed by atoms with Gasteiger partial charge in [0.1, 0.15) is 6.04 Å². The first-order valence-electron chi connectivity index (χ1n) is 7.65. The van der Waals surface area contributed by atoms with Gasteiger partial charge in [0.25, 0.3) is 0 Å². The number of amides is 1. The molecule has 0 radical (unpaired) electrons. The topological polar surface area (TPSA) is 66.4 Å². The molecule has 116 valence electrons. The zero-order valence-electron chi connectivity index (χ0n) is 12.8. The van der Waals surface area contributed by atoms with E-state index >= 15 is 0 Å². The van der Waals surface area contributed by atoms with E-state index in [0.29, 0.717) is 6.42 Å². The van der Waals surface area contributed by atoms with E-state index in [-0.39, 0.29) is 11.8 Å². The molecule has 1 rings (SSSR count). The molecule has 1 atom stereocenters. The van der Waals surface area contributed by atoms with Crippen LogP contribution < -0.4 is 5.32 Å². The third kappa shape index (κ3) is 5.98. The van der Waals surface area contributed by atoms with Gasteiger partial charge < -0.3 is 10.4 Å². The molecule has 0 bridgehead atoms. The molecule has 1 unspecified atom stereocenters. The maximum absolute atomic E-state index is 12.3. The molecular weight excluding hydrogens is 266 g/mol. The van der Waals surface area contributed by atoms with Gasteiger partial charge in [-0.15, -0.1) is 0 Å². The van der Waals surface area contributed by atoms with E-state index in [1.807, 2.05) is 44.2 Å². The van der Waals surface area contributed by atoms with E-state index in [1.165, 1.54) is 0 Å². The van der Waals surface area contributed by atoms with E-state index in [2.05, 4.69) is 5.32 Å². The van der Waals surface area contributed by atoms with Crippen LogP contribution in [0, 0.1) is 5.92 Å². The molecule has 1 aromatic carbocycles. The van der Waals surface area contributed by atoms with Gasteiger partial charge in [0, 0.05) is 12.3 Å². The van der Waals surface area contributed by atoms with Crippen LogP contribution in [0.2, 0.25) is 0 Å². The Hall–Kier alpha value is -1.84. The fourth-order valence-corrected chi connectivity index (χ4v) is 2.44. The number of nitrogens with one attached hydrogen (secondary N) is 1. The summed E-state index contributed by atoms with van der Waals surface area (Å²) in [5, 5.41) is 12.0. The minimum atomic E-state index is -0.987. The Labute approximate surface area is 126 Å². The van der Waals surface area contributed by atoms with Gasteiger partial charge in [-0.1, -0.05) is 57.0 Å². The number of carbonyl (C=O) groups is 2. The van der Waals surface area contributed by atoms with Gasteiger partial charge in [-0.05, 0) is 18.4 Å². The molecular formula is C17H25NO3. The Morgan fingerprint density at radius 2 is 1.67 bits per heavy atom. The third-order valence-corrected chi connectivity index (χ3v) is 3.54. The monoisotopic (exact) mass is 291 g/mol. The van der Waals surface area contributed by atoms with Crippen LogP contribution in [0.3, 0.4) is 0 Å². The largest absolute Gasteiger partial charge is 0.480 e. The summed E-state index contributed by atoms with van der Waals surface area (Å²) in [6.07, 6.45) is 3.77. The Morgan fingerprint density at radius 1 is 1.10 bits per heavy atom. The molecule has 0 aliphatic carbocycles. The number of carboxylic acid groups (broad SMARTS) is 1. The van der Waals surface area contributed by atoms with Crippen LogP contribution >= 0.6 is 0 Å².